The maximum Gasteiger partial charge on any atom is 0.161 e. The zero-order chi connectivity index (χ0) is 9.59. The molecule has 0 atom stereocenters. The van der Waals surface area contributed by atoms with Gasteiger partial charge in [0.15, 0.2) is 5.65 Å². The van der Waals surface area contributed by atoms with Gasteiger partial charge in [0, 0.05) is 5.69 Å². The lowest BCUT2D eigenvalue weighted by Crippen LogP contribution is -1.94. The van der Waals surface area contributed by atoms with Gasteiger partial charge in [0.25, 0.3) is 0 Å². The molecule has 2 aromatic heterocycles. The molecule has 0 aromatic carbocycles. The lowest BCUT2D eigenvalue weighted by molar-refractivity contribution is 1.01. The zero-order valence-corrected chi connectivity index (χ0v) is 8.55. The molecular formula is C9H10ClN3. The molecule has 0 spiro atoms. The number of hydrogen-bond donors (Lipinski definition) is 0. The summed E-state index contributed by atoms with van der Waals surface area (Å²) >= 11 is 6.06. The van der Waals surface area contributed by atoms with Crippen molar-refractivity contribution in [1.29, 1.82) is 0 Å². The van der Waals surface area contributed by atoms with Gasteiger partial charge in [0.2, 0.25) is 0 Å². The molecule has 2 aromatic rings. The van der Waals surface area contributed by atoms with Crippen LogP contribution in [0.15, 0.2) is 6.07 Å². The molecule has 0 aliphatic rings. The van der Waals surface area contributed by atoms with E-state index in [9.17, 15) is 0 Å². The second kappa shape index (κ2) is 2.70. The van der Waals surface area contributed by atoms with Crippen LogP contribution in [-0.2, 0) is 0 Å². The molecule has 0 saturated carbocycles. The average Bonchev–Trinajstić information content (AvgIpc) is 2.27. The maximum absolute atomic E-state index is 6.06. The van der Waals surface area contributed by atoms with Crippen LogP contribution in [0.3, 0.4) is 0 Å². The Hall–Kier alpha value is -1.09. The fourth-order valence-electron chi connectivity index (χ4n) is 1.48. The summed E-state index contributed by atoms with van der Waals surface area (Å²) in [5.41, 5.74) is 2.69. The molecule has 4 heteroatoms. The summed E-state index contributed by atoms with van der Waals surface area (Å²) in [7, 11) is 0. The normalized spacial score (nSPS) is 11.1. The van der Waals surface area contributed by atoms with Gasteiger partial charge in [0.05, 0.1) is 5.69 Å². The SMILES string of the molecule is Cc1cc(Cl)n2c(C)nc(C)c2n1. The van der Waals surface area contributed by atoms with Gasteiger partial charge in [0.1, 0.15) is 11.0 Å². The van der Waals surface area contributed by atoms with E-state index < -0.39 is 0 Å². The number of rotatable bonds is 0. The van der Waals surface area contributed by atoms with Crippen LogP contribution >= 0.6 is 11.6 Å². The van der Waals surface area contributed by atoms with Gasteiger partial charge >= 0.3 is 0 Å². The molecule has 0 N–H and O–H groups in total. The van der Waals surface area contributed by atoms with Crippen molar-refractivity contribution in [3.05, 3.63) is 28.4 Å². The Kier molecular flexibility index (Phi) is 1.77. The molecule has 0 aliphatic carbocycles. The second-order valence-electron chi connectivity index (χ2n) is 3.12. The highest BCUT2D eigenvalue weighted by Crippen LogP contribution is 2.17. The monoisotopic (exact) mass is 195 g/mol. The summed E-state index contributed by atoms with van der Waals surface area (Å²) in [5.74, 6) is 0.880. The van der Waals surface area contributed by atoms with Gasteiger partial charge in [-0.1, -0.05) is 11.6 Å². The van der Waals surface area contributed by atoms with Crippen molar-refractivity contribution in [2.24, 2.45) is 0 Å². The van der Waals surface area contributed by atoms with Crippen LogP contribution in [0, 0.1) is 20.8 Å². The molecule has 13 heavy (non-hydrogen) atoms. The summed E-state index contributed by atoms with van der Waals surface area (Å²) < 4.78 is 1.85. The lowest BCUT2D eigenvalue weighted by Gasteiger charge is -2.00. The molecular weight excluding hydrogens is 186 g/mol. The third kappa shape index (κ3) is 1.20. The minimum Gasteiger partial charge on any atom is -0.271 e. The van der Waals surface area contributed by atoms with Crippen LogP contribution in [-0.4, -0.2) is 14.4 Å². The lowest BCUT2D eigenvalue weighted by atomic mass is 10.4. The van der Waals surface area contributed by atoms with Crippen LogP contribution in [0.1, 0.15) is 17.2 Å². The van der Waals surface area contributed by atoms with Gasteiger partial charge < -0.3 is 0 Å². The van der Waals surface area contributed by atoms with Crippen LogP contribution in [0.2, 0.25) is 5.15 Å². The Morgan fingerprint density at radius 2 is 1.92 bits per heavy atom. The Morgan fingerprint density at radius 3 is 2.62 bits per heavy atom. The van der Waals surface area contributed by atoms with Crippen molar-refractivity contribution in [1.82, 2.24) is 14.4 Å². The first kappa shape index (κ1) is 8.51. The number of aryl methyl sites for hydroxylation is 3. The van der Waals surface area contributed by atoms with Gasteiger partial charge in [-0.2, -0.15) is 0 Å². The first-order valence-electron chi connectivity index (χ1n) is 4.08. The van der Waals surface area contributed by atoms with Crippen molar-refractivity contribution in [3.8, 4) is 0 Å². The quantitative estimate of drug-likeness (QED) is 0.604. The van der Waals surface area contributed by atoms with E-state index in [1.165, 1.54) is 0 Å². The Balaban J connectivity index is 2.97. The van der Waals surface area contributed by atoms with Crippen LogP contribution in [0.25, 0.3) is 5.65 Å². The molecule has 0 saturated heterocycles. The first-order valence-corrected chi connectivity index (χ1v) is 4.46. The summed E-state index contributed by atoms with van der Waals surface area (Å²) in [6.07, 6.45) is 0. The van der Waals surface area contributed by atoms with E-state index in [2.05, 4.69) is 9.97 Å². The van der Waals surface area contributed by atoms with Gasteiger partial charge in [-0.25, -0.2) is 9.97 Å². The van der Waals surface area contributed by atoms with Crippen molar-refractivity contribution in [3.63, 3.8) is 0 Å². The van der Waals surface area contributed by atoms with Crippen molar-refractivity contribution < 1.29 is 0 Å². The Bertz CT molecular complexity index is 473. The van der Waals surface area contributed by atoms with E-state index in [1.54, 1.807) is 0 Å². The predicted octanol–water partition coefficient (Wildman–Crippen LogP) is 2.31. The number of hydrogen-bond acceptors (Lipinski definition) is 2. The second-order valence-corrected chi connectivity index (χ2v) is 3.51. The van der Waals surface area contributed by atoms with Crippen molar-refractivity contribution in [2.75, 3.05) is 0 Å². The topological polar surface area (TPSA) is 30.2 Å². The van der Waals surface area contributed by atoms with Gasteiger partial charge in [-0.05, 0) is 26.8 Å². The zero-order valence-electron chi connectivity index (χ0n) is 7.80. The highest BCUT2D eigenvalue weighted by atomic mass is 35.5. The Labute approximate surface area is 81.4 Å². The number of nitrogens with zero attached hydrogens (tertiary/aromatic N) is 3. The van der Waals surface area contributed by atoms with Crippen LogP contribution in [0.4, 0.5) is 0 Å². The highest BCUT2D eigenvalue weighted by molar-refractivity contribution is 6.29. The standard InChI is InChI=1S/C9H10ClN3/c1-5-4-8(10)13-7(3)12-6(2)9(13)11-5/h4H,1-3H3. The minimum absolute atomic E-state index is 0.667. The third-order valence-electron chi connectivity index (χ3n) is 2.01. The van der Waals surface area contributed by atoms with Crippen LogP contribution in [0.5, 0.6) is 0 Å². The number of imidazole rings is 1. The van der Waals surface area contributed by atoms with E-state index >= 15 is 0 Å². The van der Waals surface area contributed by atoms with E-state index in [-0.39, 0.29) is 0 Å². The fourth-order valence-corrected chi connectivity index (χ4v) is 1.84. The molecule has 68 valence electrons. The Morgan fingerprint density at radius 1 is 1.23 bits per heavy atom. The predicted molar refractivity (Wildman–Crippen MR) is 52.2 cm³/mol. The molecule has 0 aliphatic heterocycles. The molecule has 2 rings (SSSR count). The molecule has 0 fully saturated rings. The van der Waals surface area contributed by atoms with E-state index in [0.29, 0.717) is 5.15 Å². The molecule has 0 amide bonds. The fraction of sp³-hybridized carbons (Fsp3) is 0.333. The smallest absolute Gasteiger partial charge is 0.161 e. The summed E-state index contributed by atoms with van der Waals surface area (Å²) in [4.78, 5) is 8.68. The third-order valence-corrected chi connectivity index (χ3v) is 2.29. The van der Waals surface area contributed by atoms with E-state index in [4.69, 9.17) is 11.6 Å². The van der Waals surface area contributed by atoms with Crippen molar-refractivity contribution in [2.45, 2.75) is 20.8 Å². The molecule has 2 heterocycles. The number of fused-ring (bicyclic) bond motifs is 1. The van der Waals surface area contributed by atoms with E-state index in [0.717, 1.165) is 22.9 Å². The van der Waals surface area contributed by atoms with Gasteiger partial charge in [-0.15, -0.1) is 0 Å². The molecule has 0 bridgehead atoms. The summed E-state index contributed by atoms with van der Waals surface area (Å²) in [6.45, 7) is 5.78. The molecule has 0 radical (unpaired) electrons. The molecule has 0 unspecified atom stereocenters. The largest absolute Gasteiger partial charge is 0.271 e. The average molecular weight is 196 g/mol. The number of halogens is 1. The first-order chi connectivity index (χ1) is 6.09. The molecule has 3 nitrogen and oxygen atoms in total. The minimum atomic E-state index is 0.667. The van der Waals surface area contributed by atoms with Crippen LogP contribution < -0.4 is 0 Å². The van der Waals surface area contributed by atoms with E-state index in [1.807, 2.05) is 31.2 Å². The number of aromatic nitrogens is 3. The summed E-state index contributed by atoms with van der Waals surface area (Å²) in [5, 5.41) is 0.667. The summed E-state index contributed by atoms with van der Waals surface area (Å²) in [6, 6.07) is 1.84. The highest BCUT2D eigenvalue weighted by Gasteiger charge is 2.08. The maximum atomic E-state index is 6.06. The van der Waals surface area contributed by atoms with Crippen molar-refractivity contribution >= 4 is 17.2 Å². The van der Waals surface area contributed by atoms with Gasteiger partial charge in [-0.3, -0.25) is 4.40 Å².